The number of rotatable bonds is 3. The molecule has 2 bridgehead atoms. The highest BCUT2D eigenvalue weighted by Gasteiger charge is 2.51. The Morgan fingerprint density at radius 2 is 1.64 bits per heavy atom. The number of carboxylic acids is 1. The number of hydrogen-bond acceptors (Lipinski definition) is 6. The monoisotopic (exact) mass is 307 g/mol. The molecule has 1 aromatic carbocycles. The lowest BCUT2D eigenvalue weighted by Crippen LogP contribution is -2.59. The van der Waals surface area contributed by atoms with Crippen molar-refractivity contribution in [2.75, 3.05) is 13.1 Å². The fraction of sp³-hybridized carbons (Fsp3) is 0.467. The van der Waals surface area contributed by atoms with Crippen LogP contribution in [0.15, 0.2) is 12.1 Å². The van der Waals surface area contributed by atoms with Crippen LogP contribution in [-0.2, 0) is 4.79 Å². The number of carbonyl (C=O) groups excluding carboxylic acids is 1. The number of fused-ring (bicyclic) bond motifs is 3. The Balaban J connectivity index is 1.96. The van der Waals surface area contributed by atoms with Gasteiger partial charge in [0.05, 0.1) is 0 Å². The fourth-order valence-electron chi connectivity index (χ4n) is 3.57. The Morgan fingerprint density at radius 1 is 1.09 bits per heavy atom. The van der Waals surface area contributed by atoms with E-state index in [1.807, 2.05) is 4.90 Å². The van der Waals surface area contributed by atoms with Crippen LogP contribution in [0.3, 0.4) is 0 Å². The summed E-state index contributed by atoms with van der Waals surface area (Å²) in [6, 6.07) is 1.55. The number of aliphatic carboxylic acids is 1. The fourth-order valence-corrected chi connectivity index (χ4v) is 3.57. The Labute approximate surface area is 126 Å². The highest BCUT2D eigenvalue weighted by molar-refractivity contribution is 6.02. The zero-order valence-electron chi connectivity index (χ0n) is 11.8. The minimum Gasteiger partial charge on any atom is -0.504 e. The van der Waals surface area contributed by atoms with Crippen molar-refractivity contribution in [1.29, 1.82) is 0 Å². The van der Waals surface area contributed by atoms with Gasteiger partial charge in [-0.2, -0.15) is 0 Å². The van der Waals surface area contributed by atoms with Crippen molar-refractivity contribution >= 4 is 11.8 Å². The lowest BCUT2D eigenvalue weighted by Gasteiger charge is -2.50. The van der Waals surface area contributed by atoms with Gasteiger partial charge in [0, 0.05) is 11.0 Å². The number of piperidine rings is 3. The van der Waals surface area contributed by atoms with Gasteiger partial charge >= 0.3 is 5.97 Å². The standard InChI is InChI=1S/C15H17NO6/c17-10-5-8(6-11(18)12(10)19)13(20)15-1-3-16(4-2-15)9(7-15)14(21)22/h5-6,9,17-19H,1-4,7H2,(H,21,22). The van der Waals surface area contributed by atoms with Crippen LogP contribution < -0.4 is 0 Å². The third kappa shape index (κ3) is 2.09. The van der Waals surface area contributed by atoms with Crippen molar-refractivity contribution < 1.29 is 30.0 Å². The predicted octanol–water partition coefficient (Wildman–Crippen LogP) is 0.925. The molecule has 7 nitrogen and oxygen atoms in total. The number of carbonyl (C=O) groups is 2. The number of ketones is 1. The lowest BCUT2D eigenvalue weighted by molar-refractivity contribution is -0.149. The molecule has 1 atom stereocenters. The summed E-state index contributed by atoms with van der Waals surface area (Å²) in [5.74, 6) is -3.03. The molecular weight excluding hydrogens is 290 g/mol. The van der Waals surface area contributed by atoms with Gasteiger partial charge in [-0.25, -0.2) is 0 Å². The van der Waals surface area contributed by atoms with E-state index in [-0.39, 0.29) is 17.8 Å². The van der Waals surface area contributed by atoms with Crippen LogP contribution in [0.2, 0.25) is 0 Å². The normalized spacial score (nSPS) is 30.2. The molecule has 0 aliphatic carbocycles. The molecule has 0 aromatic heterocycles. The SMILES string of the molecule is O=C(O)C1CC2(C(=O)c3cc(O)c(O)c(O)c3)CCN1CC2. The first-order chi connectivity index (χ1) is 10.3. The van der Waals surface area contributed by atoms with Crippen molar-refractivity contribution in [2.45, 2.75) is 25.3 Å². The minimum atomic E-state index is -0.937. The van der Waals surface area contributed by atoms with E-state index in [1.54, 1.807) is 0 Å². The lowest BCUT2D eigenvalue weighted by atomic mass is 9.65. The van der Waals surface area contributed by atoms with E-state index in [0.717, 1.165) is 12.1 Å². The van der Waals surface area contributed by atoms with Crippen LogP contribution in [-0.4, -0.2) is 56.2 Å². The Bertz CT molecular complexity index is 624. The number of hydrogen-bond donors (Lipinski definition) is 4. The van der Waals surface area contributed by atoms with E-state index < -0.39 is 34.7 Å². The van der Waals surface area contributed by atoms with E-state index in [1.165, 1.54) is 0 Å². The van der Waals surface area contributed by atoms with Crippen molar-refractivity contribution in [3.63, 3.8) is 0 Å². The molecular formula is C15H17NO6. The van der Waals surface area contributed by atoms with Gasteiger partial charge in [-0.3, -0.25) is 14.5 Å². The largest absolute Gasteiger partial charge is 0.504 e. The molecule has 7 heteroatoms. The maximum absolute atomic E-state index is 12.8. The molecule has 3 saturated heterocycles. The van der Waals surface area contributed by atoms with Gasteiger partial charge in [0.2, 0.25) is 0 Å². The van der Waals surface area contributed by atoms with E-state index in [0.29, 0.717) is 25.9 Å². The minimum absolute atomic E-state index is 0.0901. The highest BCUT2D eigenvalue weighted by atomic mass is 16.4. The third-order valence-electron chi connectivity index (χ3n) is 4.88. The molecule has 0 saturated carbocycles. The maximum atomic E-state index is 12.8. The second-order valence-electron chi connectivity index (χ2n) is 6.07. The van der Waals surface area contributed by atoms with Crippen LogP contribution in [0.4, 0.5) is 0 Å². The second kappa shape index (κ2) is 4.88. The van der Waals surface area contributed by atoms with E-state index in [4.69, 9.17) is 0 Å². The highest BCUT2D eigenvalue weighted by Crippen LogP contribution is 2.47. The van der Waals surface area contributed by atoms with Crippen LogP contribution in [0.1, 0.15) is 29.6 Å². The molecule has 22 heavy (non-hydrogen) atoms. The molecule has 1 aromatic rings. The summed E-state index contributed by atoms with van der Waals surface area (Å²) in [5, 5.41) is 37.8. The molecule has 0 radical (unpaired) electrons. The Hall–Kier alpha value is -2.28. The molecule has 1 unspecified atom stereocenters. The maximum Gasteiger partial charge on any atom is 0.320 e. The molecule has 3 aliphatic heterocycles. The summed E-state index contributed by atoms with van der Waals surface area (Å²) in [5.41, 5.74) is -0.694. The van der Waals surface area contributed by atoms with Crippen molar-refractivity contribution in [3.8, 4) is 17.2 Å². The number of phenolic OH excluding ortho intramolecular Hbond substituents is 3. The molecule has 3 aliphatic rings. The number of benzene rings is 1. The average molecular weight is 307 g/mol. The van der Waals surface area contributed by atoms with E-state index >= 15 is 0 Å². The molecule has 4 rings (SSSR count). The first-order valence-corrected chi connectivity index (χ1v) is 7.11. The van der Waals surface area contributed by atoms with Crippen LogP contribution in [0.5, 0.6) is 17.2 Å². The quantitative estimate of drug-likeness (QED) is 0.484. The number of aromatic hydroxyl groups is 3. The van der Waals surface area contributed by atoms with Gasteiger partial charge in [-0.15, -0.1) is 0 Å². The predicted molar refractivity (Wildman–Crippen MR) is 75.0 cm³/mol. The molecule has 118 valence electrons. The second-order valence-corrected chi connectivity index (χ2v) is 6.07. The van der Waals surface area contributed by atoms with Crippen LogP contribution in [0.25, 0.3) is 0 Å². The van der Waals surface area contributed by atoms with Gasteiger partial charge < -0.3 is 20.4 Å². The van der Waals surface area contributed by atoms with Gasteiger partial charge in [0.15, 0.2) is 23.0 Å². The van der Waals surface area contributed by atoms with Gasteiger partial charge in [0.25, 0.3) is 0 Å². The molecule has 3 heterocycles. The van der Waals surface area contributed by atoms with E-state index in [9.17, 15) is 30.0 Å². The van der Waals surface area contributed by atoms with Gasteiger partial charge in [-0.1, -0.05) is 0 Å². The van der Waals surface area contributed by atoms with Crippen molar-refractivity contribution in [1.82, 2.24) is 4.90 Å². The zero-order chi connectivity index (χ0) is 16.1. The topological polar surface area (TPSA) is 118 Å². The third-order valence-corrected chi connectivity index (χ3v) is 4.88. The van der Waals surface area contributed by atoms with Crippen LogP contribution in [0, 0.1) is 5.41 Å². The number of nitrogens with zero attached hydrogens (tertiary/aromatic N) is 1. The Kier molecular flexibility index (Phi) is 3.25. The average Bonchev–Trinajstić information content (AvgIpc) is 2.52. The zero-order valence-corrected chi connectivity index (χ0v) is 11.8. The smallest absolute Gasteiger partial charge is 0.320 e. The van der Waals surface area contributed by atoms with Gasteiger partial charge in [-0.05, 0) is 44.5 Å². The molecule has 0 amide bonds. The first kappa shape index (κ1) is 14.6. The summed E-state index contributed by atoms with van der Waals surface area (Å²) in [4.78, 5) is 26.0. The number of phenols is 3. The summed E-state index contributed by atoms with van der Waals surface area (Å²) >= 11 is 0. The van der Waals surface area contributed by atoms with Gasteiger partial charge in [0.1, 0.15) is 6.04 Å². The summed E-state index contributed by atoms with van der Waals surface area (Å²) in [6.07, 6.45) is 1.33. The van der Waals surface area contributed by atoms with Crippen LogP contribution >= 0.6 is 0 Å². The number of carboxylic acid groups (broad SMARTS) is 1. The number of Topliss-reactive ketones (excluding diaryl/α,β-unsaturated/α-hetero) is 1. The molecule has 3 fully saturated rings. The van der Waals surface area contributed by atoms with E-state index in [2.05, 4.69) is 0 Å². The summed E-state index contributed by atoms with van der Waals surface area (Å²) < 4.78 is 0. The summed E-state index contributed by atoms with van der Waals surface area (Å²) in [6.45, 7) is 1.08. The van der Waals surface area contributed by atoms with Crippen molar-refractivity contribution in [3.05, 3.63) is 17.7 Å². The van der Waals surface area contributed by atoms with Crippen molar-refractivity contribution in [2.24, 2.45) is 5.41 Å². The summed E-state index contributed by atoms with van der Waals surface area (Å²) in [7, 11) is 0. The first-order valence-electron chi connectivity index (χ1n) is 7.11. The molecule has 4 N–H and O–H groups in total. The Morgan fingerprint density at radius 3 is 2.14 bits per heavy atom. The molecule has 0 spiro atoms.